The van der Waals surface area contributed by atoms with E-state index in [1.54, 1.807) is 23.1 Å². The van der Waals surface area contributed by atoms with Crippen molar-refractivity contribution >= 4 is 40.6 Å². The number of rotatable bonds is 7. The summed E-state index contributed by atoms with van der Waals surface area (Å²) < 4.78 is 0.997. The number of carbonyl (C=O) groups is 1. The van der Waals surface area contributed by atoms with Gasteiger partial charge in [-0.25, -0.2) is 4.98 Å². The first-order valence-corrected chi connectivity index (χ1v) is 9.50. The van der Waals surface area contributed by atoms with Gasteiger partial charge in [-0.05, 0) is 26.0 Å². The SMILES string of the molecule is CCN(CC)C(=O)CCSc1nc(-c2ccc(Cl)cc2)cs1. The summed E-state index contributed by atoms with van der Waals surface area (Å²) in [6, 6.07) is 7.67. The van der Waals surface area contributed by atoms with E-state index in [1.165, 1.54) is 0 Å². The van der Waals surface area contributed by atoms with Crippen LogP contribution in [-0.4, -0.2) is 34.6 Å². The Labute approximate surface area is 144 Å². The predicted octanol–water partition coefficient (Wildman–Crippen LogP) is 4.81. The van der Waals surface area contributed by atoms with Crippen LogP contribution < -0.4 is 0 Å². The first-order chi connectivity index (χ1) is 10.6. The lowest BCUT2D eigenvalue weighted by Gasteiger charge is -2.17. The van der Waals surface area contributed by atoms with Gasteiger partial charge in [0.05, 0.1) is 5.69 Å². The topological polar surface area (TPSA) is 33.2 Å². The van der Waals surface area contributed by atoms with Crippen molar-refractivity contribution in [1.82, 2.24) is 9.88 Å². The lowest BCUT2D eigenvalue weighted by molar-refractivity contribution is -0.130. The van der Waals surface area contributed by atoms with Crippen LogP contribution in [0.5, 0.6) is 0 Å². The predicted molar refractivity (Wildman–Crippen MR) is 95.8 cm³/mol. The van der Waals surface area contributed by atoms with E-state index < -0.39 is 0 Å². The molecule has 0 saturated carbocycles. The molecule has 6 heteroatoms. The van der Waals surface area contributed by atoms with Crippen molar-refractivity contribution in [1.29, 1.82) is 0 Å². The summed E-state index contributed by atoms with van der Waals surface area (Å²) in [7, 11) is 0. The maximum Gasteiger partial charge on any atom is 0.223 e. The summed E-state index contributed by atoms with van der Waals surface area (Å²) >= 11 is 9.15. The van der Waals surface area contributed by atoms with Gasteiger partial charge in [0.25, 0.3) is 0 Å². The van der Waals surface area contributed by atoms with Gasteiger partial charge in [0, 0.05) is 41.2 Å². The number of benzene rings is 1. The molecule has 0 radical (unpaired) electrons. The van der Waals surface area contributed by atoms with Crippen LogP contribution in [0.15, 0.2) is 34.0 Å². The number of carbonyl (C=O) groups excluding carboxylic acids is 1. The number of nitrogens with zero attached hydrogens (tertiary/aromatic N) is 2. The van der Waals surface area contributed by atoms with Crippen molar-refractivity contribution in [3.05, 3.63) is 34.7 Å². The fraction of sp³-hybridized carbons (Fsp3) is 0.375. The lowest BCUT2D eigenvalue weighted by Crippen LogP contribution is -2.30. The van der Waals surface area contributed by atoms with Crippen LogP contribution in [0.1, 0.15) is 20.3 Å². The maximum absolute atomic E-state index is 11.9. The van der Waals surface area contributed by atoms with Crippen LogP contribution in [0.2, 0.25) is 5.02 Å². The molecule has 0 aliphatic heterocycles. The molecule has 1 aromatic heterocycles. The third-order valence-corrected chi connectivity index (χ3v) is 5.56. The van der Waals surface area contributed by atoms with E-state index in [0.29, 0.717) is 6.42 Å². The molecule has 0 saturated heterocycles. The fourth-order valence-electron chi connectivity index (χ4n) is 2.04. The third-order valence-electron chi connectivity index (χ3n) is 3.28. The fourth-order valence-corrected chi connectivity index (χ4v) is 4.00. The van der Waals surface area contributed by atoms with Crippen molar-refractivity contribution in [3.63, 3.8) is 0 Å². The normalized spacial score (nSPS) is 10.7. The Bertz CT molecular complexity index is 609. The Morgan fingerprint density at radius 1 is 1.27 bits per heavy atom. The highest BCUT2D eigenvalue weighted by molar-refractivity contribution is 8.01. The lowest BCUT2D eigenvalue weighted by atomic mass is 10.2. The molecule has 2 aromatic rings. The van der Waals surface area contributed by atoms with Crippen LogP contribution in [0.3, 0.4) is 0 Å². The second-order valence-corrected chi connectivity index (χ2v) is 7.31. The maximum atomic E-state index is 11.9. The zero-order chi connectivity index (χ0) is 15.9. The minimum Gasteiger partial charge on any atom is -0.343 e. The Hall–Kier alpha value is -1.04. The summed E-state index contributed by atoms with van der Waals surface area (Å²) in [4.78, 5) is 18.4. The quantitative estimate of drug-likeness (QED) is 0.669. The van der Waals surface area contributed by atoms with Crippen LogP contribution in [-0.2, 0) is 4.79 Å². The molecule has 1 heterocycles. The van der Waals surface area contributed by atoms with Crippen LogP contribution in [0.4, 0.5) is 0 Å². The van der Waals surface area contributed by atoms with Gasteiger partial charge in [-0.3, -0.25) is 4.79 Å². The van der Waals surface area contributed by atoms with E-state index in [4.69, 9.17) is 11.6 Å². The van der Waals surface area contributed by atoms with Crippen molar-refractivity contribution in [3.8, 4) is 11.3 Å². The Balaban J connectivity index is 1.87. The monoisotopic (exact) mass is 354 g/mol. The molecule has 0 aliphatic carbocycles. The number of amides is 1. The molecule has 0 spiro atoms. The first kappa shape index (κ1) is 17.3. The highest BCUT2D eigenvalue weighted by Crippen LogP contribution is 2.29. The van der Waals surface area contributed by atoms with E-state index in [-0.39, 0.29) is 5.91 Å². The zero-order valence-electron chi connectivity index (χ0n) is 12.7. The van der Waals surface area contributed by atoms with Gasteiger partial charge in [-0.15, -0.1) is 11.3 Å². The second-order valence-electron chi connectivity index (χ2n) is 4.67. The van der Waals surface area contributed by atoms with E-state index in [1.807, 2.05) is 48.4 Å². The Morgan fingerprint density at radius 2 is 1.95 bits per heavy atom. The Morgan fingerprint density at radius 3 is 2.59 bits per heavy atom. The van der Waals surface area contributed by atoms with E-state index >= 15 is 0 Å². The van der Waals surface area contributed by atoms with E-state index in [2.05, 4.69) is 4.98 Å². The average molecular weight is 355 g/mol. The molecule has 0 unspecified atom stereocenters. The van der Waals surface area contributed by atoms with Gasteiger partial charge in [0.2, 0.25) is 5.91 Å². The van der Waals surface area contributed by atoms with Gasteiger partial charge in [-0.1, -0.05) is 35.5 Å². The van der Waals surface area contributed by atoms with Gasteiger partial charge < -0.3 is 4.90 Å². The summed E-state index contributed by atoms with van der Waals surface area (Å²) in [5.74, 6) is 0.982. The van der Waals surface area contributed by atoms with Gasteiger partial charge in [-0.2, -0.15) is 0 Å². The van der Waals surface area contributed by atoms with Gasteiger partial charge in [0.15, 0.2) is 4.34 Å². The summed E-state index contributed by atoms with van der Waals surface area (Å²) in [5.41, 5.74) is 2.02. The van der Waals surface area contributed by atoms with E-state index in [0.717, 1.165) is 39.5 Å². The molecule has 2 rings (SSSR count). The van der Waals surface area contributed by atoms with Gasteiger partial charge >= 0.3 is 0 Å². The standard InChI is InChI=1S/C16H19ClN2OS2/c1-3-19(4-2)15(20)9-10-21-16-18-14(11-22-16)12-5-7-13(17)8-6-12/h5-8,11H,3-4,9-10H2,1-2H3. The smallest absolute Gasteiger partial charge is 0.223 e. The molecular weight excluding hydrogens is 336 g/mol. The minimum atomic E-state index is 0.215. The van der Waals surface area contributed by atoms with Crippen LogP contribution >= 0.6 is 34.7 Å². The van der Waals surface area contributed by atoms with Crippen molar-refractivity contribution in [2.45, 2.75) is 24.6 Å². The van der Waals surface area contributed by atoms with Crippen molar-refractivity contribution in [2.75, 3.05) is 18.8 Å². The van der Waals surface area contributed by atoms with Gasteiger partial charge in [0.1, 0.15) is 0 Å². The molecule has 3 nitrogen and oxygen atoms in total. The molecule has 0 bridgehead atoms. The summed E-state index contributed by atoms with van der Waals surface area (Å²) in [5, 5.41) is 2.76. The van der Waals surface area contributed by atoms with Crippen molar-refractivity contribution < 1.29 is 4.79 Å². The number of aromatic nitrogens is 1. The highest BCUT2D eigenvalue weighted by Gasteiger charge is 2.10. The number of hydrogen-bond acceptors (Lipinski definition) is 4. The highest BCUT2D eigenvalue weighted by atomic mass is 35.5. The molecule has 0 aliphatic rings. The number of halogens is 1. The zero-order valence-corrected chi connectivity index (χ0v) is 15.1. The molecule has 0 N–H and O–H groups in total. The number of hydrogen-bond donors (Lipinski definition) is 0. The van der Waals surface area contributed by atoms with Crippen LogP contribution in [0.25, 0.3) is 11.3 Å². The van der Waals surface area contributed by atoms with Crippen molar-refractivity contribution in [2.24, 2.45) is 0 Å². The average Bonchev–Trinajstić information content (AvgIpc) is 2.98. The second kappa shape index (κ2) is 8.56. The number of thioether (sulfide) groups is 1. The largest absolute Gasteiger partial charge is 0.343 e. The van der Waals surface area contributed by atoms with E-state index in [9.17, 15) is 4.79 Å². The summed E-state index contributed by atoms with van der Waals surface area (Å²) in [6.07, 6.45) is 0.558. The molecule has 1 aromatic carbocycles. The molecule has 22 heavy (non-hydrogen) atoms. The third kappa shape index (κ3) is 4.73. The number of thiazole rings is 1. The molecule has 118 valence electrons. The molecule has 1 amide bonds. The first-order valence-electron chi connectivity index (χ1n) is 7.26. The summed E-state index contributed by atoms with van der Waals surface area (Å²) in [6.45, 7) is 5.57. The minimum absolute atomic E-state index is 0.215. The van der Waals surface area contributed by atoms with Crippen LogP contribution in [0, 0.1) is 0 Å². The Kier molecular flexibility index (Phi) is 6.73. The molecule has 0 fully saturated rings. The molecular formula is C16H19ClN2OS2. The molecule has 0 atom stereocenters.